The van der Waals surface area contributed by atoms with Gasteiger partial charge in [0.05, 0.1) is 17.2 Å². The van der Waals surface area contributed by atoms with Crippen LogP contribution in [0.1, 0.15) is 23.2 Å². The lowest BCUT2D eigenvalue weighted by atomic mass is 9.93. The zero-order valence-electron chi connectivity index (χ0n) is 11.1. The monoisotopic (exact) mass is 331 g/mol. The fraction of sp³-hybridized carbons (Fsp3) is 0.429. The maximum absolute atomic E-state index is 12.2. The Labute approximate surface area is 132 Å². The molecule has 1 saturated heterocycles. The van der Waals surface area contributed by atoms with Gasteiger partial charge in [0.25, 0.3) is 5.91 Å². The highest BCUT2D eigenvalue weighted by atomic mass is 35.5. The van der Waals surface area contributed by atoms with Crippen LogP contribution in [0.2, 0.25) is 10.0 Å². The second kappa shape index (κ2) is 7.11. The molecule has 1 aliphatic rings. The maximum Gasteiger partial charge on any atom is 0.326 e. The van der Waals surface area contributed by atoms with Gasteiger partial charge in [-0.2, -0.15) is 0 Å². The van der Waals surface area contributed by atoms with E-state index in [4.69, 9.17) is 27.9 Å². The summed E-state index contributed by atoms with van der Waals surface area (Å²) >= 11 is 11.7. The first-order valence-electron chi connectivity index (χ1n) is 6.55. The van der Waals surface area contributed by atoms with Crippen LogP contribution in [0.15, 0.2) is 18.2 Å². The second-order valence-electron chi connectivity index (χ2n) is 4.89. The Morgan fingerprint density at radius 2 is 2.14 bits per heavy atom. The lowest BCUT2D eigenvalue weighted by Gasteiger charge is -2.28. The lowest BCUT2D eigenvalue weighted by Crippen LogP contribution is -2.48. The number of carboxylic acids is 1. The summed E-state index contributed by atoms with van der Waals surface area (Å²) in [5, 5.41) is 12.4. The van der Waals surface area contributed by atoms with Crippen LogP contribution >= 0.6 is 23.2 Å². The van der Waals surface area contributed by atoms with Crippen LogP contribution in [-0.2, 0) is 9.53 Å². The molecule has 0 saturated carbocycles. The molecule has 0 radical (unpaired) electrons. The Morgan fingerprint density at radius 3 is 2.71 bits per heavy atom. The van der Waals surface area contributed by atoms with Crippen molar-refractivity contribution >= 4 is 35.1 Å². The van der Waals surface area contributed by atoms with E-state index in [1.54, 1.807) is 0 Å². The minimum absolute atomic E-state index is 0.184. The van der Waals surface area contributed by atoms with Crippen molar-refractivity contribution in [2.45, 2.75) is 18.9 Å². The van der Waals surface area contributed by atoms with Crippen molar-refractivity contribution < 1.29 is 19.4 Å². The van der Waals surface area contributed by atoms with Gasteiger partial charge in [-0.15, -0.1) is 0 Å². The number of amides is 1. The number of ether oxygens (including phenoxy) is 1. The molecule has 5 nitrogen and oxygen atoms in total. The molecular formula is C14H15Cl2NO4. The molecule has 0 aromatic heterocycles. The molecule has 1 aromatic carbocycles. The van der Waals surface area contributed by atoms with Crippen molar-refractivity contribution in [1.29, 1.82) is 0 Å². The van der Waals surface area contributed by atoms with Gasteiger partial charge in [0.15, 0.2) is 0 Å². The van der Waals surface area contributed by atoms with Crippen molar-refractivity contribution in [3.63, 3.8) is 0 Å². The van der Waals surface area contributed by atoms with Crippen LogP contribution in [-0.4, -0.2) is 36.2 Å². The molecule has 0 bridgehead atoms. The summed E-state index contributed by atoms with van der Waals surface area (Å²) in [5.74, 6) is -1.86. The number of halogens is 2. The molecule has 0 aliphatic carbocycles. The molecule has 7 heteroatoms. The highest BCUT2D eigenvalue weighted by molar-refractivity contribution is 6.36. The summed E-state index contributed by atoms with van der Waals surface area (Å²) < 4.78 is 5.28. The quantitative estimate of drug-likeness (QED) is 0.889. The Morgan fingerprint density at radius 1 is 1.38 bits per heavy atom. The molecule has 1 fully saturated rings. The number of rotatable bonds is 4. The summed E-state index contributed by atoms with van der Waals surface area (Å²) in [7, 11) is 0. The third-order valence-electron chi connectivity index (χ3n) is 3.40. The number of hydrogen-bond donors (Lipinski definition) is 2. The van der Waals surface area contributed by atoms with E-state index in [1.165, 1.54) is 18.2 Å². The van der Waals surface area contributed by atoms with Crippen molar-refractivity contribution in [2.24, 2.45) is 5.92 Å². The Balaban J connectivity index is 2.12. The molecule has 2 rings (SSSR count). The summed E-state index contributed by atoms with van der Waals surface area (Å²) in [6, 6.07) is 3.44. The summed E-state index contributed by atoms with van der Waals surface area (Å²) in [4.78, 5) is 23.6. The molecule has 1 heterocycles. The molecule has 1 amide bonds. The molecule has 2 unspecified atom stereocenters. The average Bonchev–Trinajstić information content (AvgIpc) is 2.45. The fourth-order valence-electron chi connectivity index (χ4n) is 2.30. The summed E-state index contributed by atoms with van der Waals surface area (Å²) in [6.07, 6.45) is 1.48. The Bertz CT molecular complexity index is 544. The van der Waals surface area contributed by atoms with E-state index >= 15 is 0 Å². The Hall–Kier alpha value is -1.30. The molecule has 2 N–H and O–H groups in total. The first kappa shape index (κ1) is 16.1. The van der Waals surface area contributed by atoms with Crippen molar-refractivity contribution in [2.75, 3.05) is 13.2 Å². The number of benzene rings is 1. The molecule has 114 valence electrons. The van der Waals surface area contributed by atoms with Gasteiger partial charge in [-0.3, -0.25) is 4.79 Å². The minimum Gasteiger partial charge on any atom is -0.480 e. The number of hydrogen-bond acceptors (Lipinski definition) is 3. The van der Waals surface area contributed by atoms with E-state index in [-0.39, 0.29) is 16.5 Å². The molecular weight excluding hydrogens is 317 g/mol. The predicted molar refractivity (Wildman–Crippen MR) is 78.9 cm³/mol. The third kappa shape index (κ3) is 4.09. The van der Waals surface area contributed by atoms with E-state index in [1.807, 2.05) is 0 Å². The first-order chi connectivity index (χ1) is 9.99. The van der Waals surface area contributed by atoms with Gasteiger partial charge in [-0.25, -0.2) is 4.79 Å². The molecule has 0 spiro atoms. The number of carbonyl (C=O) groups excluding carboxylic acids is 1. The molecule has 2 atom stereocenters. The van der Waals surface area contributed by atoms with E-state index in [0.29, 0.717) is 24.7 Å². The fourth-order valence-corrected chi connectivity index (χ4v) is 2.80. The smallest absolute Gasteiger partial charge is 0.326 e. The Kier molecular flexibility index (Phi) is 5.45. The van der Waals surface area contributed by atoms with Gasteiger partial charge < -0.3 is 15.2 Å². The highest BCUT2D eigenvalue weighted by Gasteiger charge is 2.31. The maximum atomic E-state index is 12.2. The predicted octanol–water partition coefficient (Wildman–Crippen LogP) is 2.60. The summed E-state index contributed by atoms with van der Waals surface area (Å²) in [6.45, 7) is 0.950. The van der Waals surface area contributed by atoms with Gasteiger partial charge in [-0.05, 0) is 31.0 Å². The number of nitrogens with one attached hydrogen (secondary N) is 1. The van der Waals surface area contributed by atoms with Crippen molar-refractivity contribution in [3.05, 3.63) is 33.8 Å². The van der Waals surface area contributed by atoms with Crippen LogP contribution < -0.4 is 5.32 Å². The number of aliphatic carboxylic acids is 1. The van der Waals surface area contributed by atoms with E-state index in [9.17, 15) is 14.7 Å². The average molecular weight is 332 g/mol. The molecule has 1 aromatic rings. The lowest BCUT2D eigenvalue weighted by molar-refractivity contribution is -0.142. The molecule has 1 aliphatic heterocycles. The van der Waals surface area contributed by atoms with E-state index in [2.05, 4.69) is 5.32 Å². The van der Waals surface area contributed by atoms with Crippen LogP contribution in [0.4, 0.5) is 0 Å². The largest absolute Gasteiger partial charge is 0.480 e. The minimum atomic E-state index is -1.08. The van der Waals surface area contributed by atoms with Crippen LogP contribution in [0.5, 0.6) is 0 Å². The van der Waals surface area contributed by atoms with Crippen molar-refractivity contribution in [1.82, 2.24) is 5.32 Å². The van der Waals surface area contributed by atoms with Gasteiger partial charge in [-0.1, -0.05) is 23.2 Å². The van der Waals surface area contributed by atoms with Crippen LogP contribution in [0.3, 0.4) is 0 Å². The zero-order chi connectivity index (χ0) is 15.4. The van der Waals surface area contributed by atoms with Gasteiger partial charge in [0.1, 0.15) is 6.04 Å². The van der Waals surface area contributed by atoms with E-state index in [0.717, 1.165) is 6.42 Å². The first-order valence-corrected chi connectivity index (χ1v) is 7.31. The topological polar surface area (TPSA) is 75.6 Å². The second-order valence-corrected chi connectivity index (χ2v) is 5.73. The highest BCUT2D eigenvalue weighted by Crippen LogP contribution is 2.22. The SMILES string of the molecule is O=C(NC(C(=O)O)C1CCCOC1)c1ccc(Cl)cc1Cl. The third-order valence-corrected chi connectivity index (χ3v) is 3.94. The number of carboxylic acid groups (broad SMARTS) is 1. The summed E-state index contributed by atoms with van der Waals surface area (Å²) in [5.41, 5.74) is 0.198. The van der Waals surface area contributed by atoms with E-state index < -0.39 is 17.9 Å². The number of carbonyl (C=O) groups is 2. The van der Waals surface area contributed by atoms with Crippen LogP contribution in [0, 0.1) is 5.92 Å². The van der Waals surface area contributed by atoms with Crippen LogP contribution in [0.25, 0.3) is 0 Å². The standard InChI is InChI=1S/C14H15Cl2NO4/c15-9-3-4-10(11(16)6-9)13(18)17-12(14(19)20)8-2-1-5-21-7-8/h3-4,6,8,12H,1-2,5,7H2,(H,17,18)(H,19,20). The zero-order valence-corrected chi connectivity index (χ0v) is 12.7. The normalized spacial score (nSPS) is 19.8. The molecule has 21 heavy (non-hydrogen) atoms. The van der Waals surface area contributed by atoms with Gasteiger partial charge >= 0.3 is 5.97 Å². The van der Waals surface area contributed by atoms with Crippen molar-refractivity contribution in [3.8, 4) is 0 Å². The van der Waals surface area contributed by atoms with Gasteiger partial charge in [0.2, 0.25) is 0 Å². The van der Waals surface area contributed by atoms with Gasteiger partial charge in [0, 0.05) is 17.5 Å².